The van der Waals surface area contributed by atoms with E-state index < -0.39 is 10.0 Å². The minimum Gasteiger partial charge on any atom is -0.334 e. The van der Waals surface area contributed by atoms with E-state index in [-0.39, 0.29) is 15.9 Å². The van der Waals surface area contributed by atoms with Crippen LogP contribution >= 0.6 is 15.9 Å². The van der Waals surface area contributed by atoms with Gasteiger partial charge < -0.3 is 4.57 Å². The molecule has 0 bridgehead atoms. The Morgan fingerprint density at radius 2 is 2.11 bits per heavy atom. The Hall–Kier alpha value is -0.400. The Morgan fingerprint density at radius 1 is 1.47 bits per heavy atom. The Bertz CT molecular complexity index is 511. The number of rotatable bonds is 7. The molecule has 110 valence electrons. The van der Waals surface area contributed by atoms with Gasteiger partial charge in [0.15, 0.2) is 5.03 Å². The Morgan fingerprint density at radius 3 is 2.63 bits per heavy atom. The summed E-state index contributed by atoms with van der Waals surface area (Å²) in [6, 6.07) is -0.129. The van der Waals surface area contributed by atoms with Crippen molar-refractivity contribution >= 4 is 26.0 Å². The second-order valence-corrected chi connectivity index (χ2v) is 8.08. The van der Waals surface area contributed by atoms with Crippen LogP contribution in [0, 0.1) is 6.92 Å². The predicted molar refractivity (Wildman–Crippen MR) is 80.0 cm³/mol. The highest BCUT2D eigenvalue weighted by Gasteiger charge is 2.21. The number of hydrogen-bond acceptors (Lipinski definition) is 3. The highest BCUT2D eigenvalue weighted by Crippen LogP contribution is 2.13. The zero-order valence-corrected chi connectivity index (χ0v) is 14.3. The zero-order valence-electron chi connectivity index (χ0n) is 11.9. The minimum atomic E-state index is -3.53. The normalized spacial score (nSPS) is 15.4. The van der Waals surface area contributed by atoms with Gasteiger partial charge in [-0.3, -0.25) is 0 Å². The molecular formula is C12H22BrN3O2S. The molecule has 0 radical (unpaired) electrons. The quantitative estimate of drug-likeness (QED) is 0.767. The smallest absolute Gasteiger partial charge is 0.259 e. The first-order valence-corrected chi connectivity index (χ1v) is 8.86. The van der Waals surface area contributed by atoms with Crippen molar-refractivity contribution in [2.75, 3.05) is 0 Å². The second-order valence-electron chi connectivity index (χ2n) is 4.86. The monoisotopic (exact) mass is 351 g/mol. The number of nitrogens with zero attached hydrogens (tertiary/aromatic N) is 2. The molecule has 0 saturated carbocycles. The van der Waals surface area contributed by atoms with E-state index in [0.717, 1.165) is 25.2 Å². The Kier molecular flexibility index (Phi) is 6.01. The van der Waals surface area contributed by atoms with E-state index in [1.807, 2.05) is 32.3 Å². The molecule has 0 spiro atoms. The first kappa shape index (κ1) is 16.7. The van der Waals surface area contributed by atoms with E-state index in [2.05, 4.69) is 25.6 Å². The summed E-state index contributed by atoms with van der Waals surface area (Å²) in [5.41, 5.74) is 0. The van der Waals surface area contributed by atoms with Gasteiger partial charge in [-0.05, 0) is 26.7 Å². The Balaban J connectivity index is 2.85. The lowest BCUT2D eigenvalue weighted by Gasteiger charge is -2.14. The van der Waals surface area contributed by atoms with E-state index in [1.54, 1.807) is 6.20 Å². The second kappa shape index (κ2) is 6.85. The topological polar surface area (TPSA) is 64.0 Å². The van der Waals surface area contributed by atoms with Crippen molar-refractivity contribution in [3.63, 3.8) is 0 Å². The van der Waals surface area contributed by atoms with E-state index in [1.165, 1.54) is 0 Å². The number of nitrogens with one attached hydrogen (secondary N) is 1. The first-order valence-electron chi connectivity index (χ1n) is 6.46. The van der Waals surface area contributed by atoms with Gasteiger partial charge in [0.25, 0.3) is 10.0 Å². The van der Waals surface area contributed by atoms with Crippen LogP contribution in [0.25, 0.3) is 0 Å². The molecule has 1 aromatic rings. The standard InChI is InChI=1S/C12H22BrN3O2S/c1-5-6-16-8-12(14-11(16)4)19(17,18)15-10(3)7-9(2)13/h8-10,15H,5-7H2,1-4H3. The average molecular weight is 352 g/mol. The van der Waals surface area contributed by atoms with Crippen LogP contribution in [-0.4, -0.2) is 28.8 Å². The lowest BCUT2D eigenvalue weighted by atomic mass is 10.2. The maximum Gasteiger partial charge on any atom is 0.259 e. The number of aryl methyl sites for hydroxylation is 2. The summed E-state index contributed by atoms with van der Waals surface area (Å²) in [5.74, 6) is 0.726. The molecule has 1 rings (SSSR count). The van der Waals surface area contributed by atoms with Gasteiger partial charge in [0, 0.05) is 23.6 Å². The van der Waals surface area contributed by atoms with Crippen LogP contribution in [0.2, 0.25) is 0 Å². The highest BCUT2D eigenvalue weighted by atomic mass is 79.9. The van der Waals surface area contributed by atoms with Gasteiger partial charge in [0.2, 0.25) is 0 Å². The molecule has 2 unspecified atom stereocenters. The van der Waals surface area contributed by atoms with E-state index in [4.69, 9.17) is 0 Å². The fourth-order valence-corrected chi connectivity index (χ4v) is 3.76. The molecule has 1 aromatic heterocycles. The molecule has 5 nitrogen and oxygen atoms in total. The van der Waals surface area contributed by atoms with Gasteiger partial charge in [-0.1, -0.05) is 29.8 Å². The molecule has 1 N–H and O–H groups in total. The van der Waals surface area contributed by atoms with Gasteiger partial charge in [-0.15, -0.1) is 0 Å². The molecule has 19 heavy (non-hydrogen) atoms. The zero-order chi connectivity index (χ0) is 14.6. The van der Waals surface area contributed by atoms with Crippen molar-refractivity contribution in [3.8, 4) is 0 Å². The van der Waals surface area contributed by atoms with Gasteiger partial charge >= 0.3 is 0 Å². The predicted octanol–water partition coefficient (Wildman–Crippen LogP) is 2.44. The molecule has 2 atom stereocenters. The SMILES string of the molecule is CCCn1cc(S(=O)(=O)NC(C)CC(C)Br)nc1C. The molecule has 0 saturated heterocycles. The van der Waals surface area contributed by atoms with Crippen LogP contribution in [0.1, 0.15) is 39.4 Å². The van der Waals surface area contributed by atoms with Crippen LogP contribution in [0.3, 0.4) is 0 Å². The van der Waals surface area contributed by atoms with Crippen LogP contribution in [0.4, 0.5) is 0 Å². The fourth-order valence-electron chi connectivity index (χ4n) is 1.94. The van der Waals surface area contributed by atoms with Crippen LogP contribution < -0.4 is 4.72 Å². The first-order chi connectivity index (χ1) is 8.76. The number of sulfonamides is 1. The summed E-state index contributed by atoms with van der Waals surface area (Å²) >= 11 is 3.42. The molecular weight excluding hydrogens is 330 g/mol. The van der Waals surface area contributed by atoms with Crippen molar-refractivity contribution in [2.45, 2.75) is 63.0 Å². The number of alkyl halides is 1. The van der Waals surface area contributed by atoms with Crippen molar-refractivity contribution in [1.29, 1.82) is 0 Å². The largest absolute Gasteiger partial charge is 0.334 e. The fraction of sp³-hybridized carbons (Fsp3) is 0.750. The van der Waals surface area contributed by atoms with Crippen LogP contribution in [0.15, 0.2) is 11.2 Å². The van der Waals surface area contributed by atoms with E-state index >= 15 is 0 Å². The number of hydrogen-bond donors (Lipinski definition) is 1. The summed E-state index contributed by atoms with van der Waals surface area (Å²) in [4.78, 5) is 4.40. The van der Waals surface area contributed by atoms with Gasteiger partial charge in [-0.2, -0.15) is 0 Å². The molecule has 0 aliphatic carbocycles. The summed E-state index contributed by atoms with van der Waals surface area (Å²) in [7, 11) is -3.53. The molecule has 1 heterocycles. The molecule has 0 aliphatic heterocycles. The summed E-state index contributed by atoms with van der Waals surface area (Å²) < 4.78 is 28.9. The van der Waals surface area contributed by atoms with Crippen molar-refractivity contribution in [1.82, 2.24) is 14.3 Å². The third kappa shape index (κ3) is 4.89. The van der Waals surface area contributed by atoms with Crippen LogP contribution in [0.5, 0.6) is 0 Å². The summed E-state index contributed by atoms with van der Waals surface area (Å²) in [6.45, 7) is 8.49. The maximum absolute atomic E-state index is 12.2. The molecule has 0 aliphatic rings. The molecule has 0 fully saturated rings. The number of imidazole rings is 1. The van der Waals surface area contributed by atoms with Crippen molar-refractivity contribution in [2.24, 2.45) is 0 Å². The summed E-state index contributed by atoms with van der Waals surface area (Å²) in [6.07, 6.45) is 3.28. The van der Waals surface area contributed by atoms with Crippen molar-refractivity contribution < 1.29 is 8.42 Å². The van der Waals surface area contributed by atoms with Crippen LogP contribution in [-0.2, 0) is 16.6 Å². The lowest BCUT2D eigenvalue weighted by Crippen LogP contribution is -2.34. The number of aromatic nitrogens is 2. The minimum absolute atomic E-state index is 0.104. The van der Waals surface area contributed by atoms with Crippen molar-refractivity contribution in [3.05, 3.63) is 12.0 Å². The summed E-state index contributed by atoms with van der Waals surface area (Å²) in [5, 5.41) is 0.104. The third-order valence-corrected chi connectivity index (χ3v) is 4.56. The third-order valence-electron chi connectivity index (χ3n) is 2.73. The van der Waals surface area contributed by atoms with Gasteiger partial charge in [0.05, 0.1) is 0 Å². The molecule has 0 aromatic carbocycles. The lowest BCUT2D eigenvalue weighted by molar-refractivity contribution is 0.545. The Labute approximate surface area is 124 Å². The number of halogens is 1. The maximum atomic E-state index is 12.2. The molecule has 0 amide bonds. The van der Waals surface area contributed by atoms with E-state index in [9.17, 15) is 8.42 Å². The van der Waals surface area contributed by atoms with Gasteiger partial charge in [0.1, 0.15) is 5.82 Å². The highest BCUT2D eigenvalue weighted by molar-refractivity contribution is 9.09. The molecule has 7 heteroatoms. The van der Waals surface area contributed by atoms with E-state index in [0.29, 0.717) is 0 Å². The van der Waals surface area contributed by atoms with Gasteiger partial charge in [-0.25, -0.2) is 18.1 Å². The average Bonchev–Trinajstić information content (AvgIpc) is 2.59.